The molecule has 0 amide bonds. The second-order valence-corrected chi connectivity index (χ2v) is 7.68. The molecule has 0 bridgehead atoms. The number of aromatic nitrogens is 3. The van der Waals surface area contributed by atoms with Crippen LogP contribution < -0.4 is 0 Å². The van der Waals surface area contributed by atoms with E-state index in [-0.39, 0.29) is 11.9 Å². The van der Waals surface area contributed by atoms with Crippen LogP contribution in [0.5, 0.6) is 5.88 Å². The summed E-state index contributed by atoms with van der Waals surface area (Å²) >= 11 is 1.54. The molecule has 1 aliphatic heterocycles. The van der Waals surface area contributed by atoms with Crippen molar-refractivity contribution in [1.82, 2.24) is 19.5 Å². The molecule has 4 rings (SSSR count). The smallest absolute Gasteiger partial charge is 0.230 e. The molecule has 1 saturated heterocycles. The zero-order chi connectivity index (χ0) is 16.7. The van der Waals surface area contributed by atoms with E-state index in [1.54, 1.807) is 4.52 Å². The predicted molar refractivity (Wildman–Crippen MR) is 95.5 cm³/mol. The number of aryl methyl sites for hydroxylation is 1. The van der Waals surface area contributed by atoms with Crippen molar-refractivity contribution in [2.45, 2.75) is 32.7 Å². The molecule has 3 heterocycles. The summed E-state index contributed by atoms with van der Waals surface area (Å²) in [6.45, 7) is 6.26. The summed E-state index contributed by atoms with van der Waals surface area (Å²) in [5, 5.41) is 15.1. The molecule has 126 valence electrons. The number of piperidine rings is 1. The van der Waals surface area contributed by atoms with Gasteiger partial charge in [-0.1, -0.05) is 48.6 Å². The first kappa shape index (κ1) is 15.6. The molecule has 0 spiro atoms. The van der Waals surface area contributed by atoms with Crippen molar-refractivity contribution < 1.29 is 5.11 Å². The van der Waals surface area contributed by atoms with Crippen LogP contribution in [0, 0.1) is 12.8 Å². The zero-order valence-corrected chi connectivity index (χ0v) is 14.8. The highest BCUT2D eigenvalue weighted by atomic mass is 32.1. The van der Waals surface area contributed by atoms with Crippen LogP contribution in [0.3, 0.4) is 0 Å². The normalized spacial score (nSPS) is 18.2. The highest BCUT2D eigenvalue weighted by Gasteiger charge is 2.31. The summed E-state index contributed by atoms with van der Waals surface area (Å²) in [6, 6.07) is 10.5. The largest absolute Gasteiger partial charge is 0.492 e. The molecule has 2 aromatic heterocycles. The van der Waals surface area contributed by atoms with Gasteiger partial charge >= 0.3 is 0 Å². The molecule has 6 heteroatoms. The van der Waals surface area contributed by atoms with Crippen LogP contribution in [0.2, 0.25) is 0 Å². The third-order valence-corrected chi connectivity index (χ3v) is 5.93. The van der Waals surface area contributed by atoms with E-state index in [1.807, 2.05) is 13.0 Å². The van der Waals surface area contributed by atoms with E-state index in [4.69, 9.17) is 0 Å². The maximum Gasteiger partial charge on any atom is 0.230 e. The van der Waals surface area contributed by atoms with Crippen LogP contribution in [-0.4, -0.2) is 37.7 Å². The Hall–Kier alpha value is -1.92. The predicted octanol–water partition coefficient (Wildman–Crippen LogP) is 3.63. The quantitative estimate of drug-likeness (QED) is 0.790. The summed E-state index contributed by atoms with van der Waals surface area (Å²) in [6.07, 6.45) is 2.40. The van der Waals surface area contributed by atoms with Crippen LogP contribution in [0.1, 0.15) is 42.1 Å². The average molecular weight is 342 g/mol. The first-order valence-electron chi connectivity index (χ1n) is 8.47. The Bertz CT molecular complexity index is 833. The highest BCUT2D eigenvalue weighted by molar-refractivity contribution is 7.17. The van der Waals surface area contributed by atoms with Gasteiger partial charge in [0, 0.05) is 0 Å². The molecule has 0 aliphatic carbocycles. The Kier molecular flexibility index (Phi) is 4.02. The fourth-order valence-corrected chi connectivity index (χ4v) is 4.64. The van der Waals surface area contributed by atoms with Crippen LogP contribution in [0.15, 0.2) is 30.3 Å². The Balaban J connectivity index is 1.79. The zero-order valence-electron chi connectivity index (χ0n) is 14.0. The minimum absolute atomic E-state index is 0.0625. The fraction of sp³-hybridized carbons (Fsp3) is 0.444. The van der Waals surface area contributed by atoms with Crippen molar-refractivity contribution in [1.29, 1.82) is 0 Å². The van der Waals surface area contributed by atoms with Crippen LogP contribution >= 0.6 is 11.3 Å². The van der Waals surface area contributed by atoms with Crippen molar-refractivity contribution in [3.63, 3.8) is 0 Å². The summed E-state index contributed by atoms with van der Waals surface area (Å²) in [7, 11) is 0. The first-order chi connectivity index (χ1) is 11.6. The van der Waals surface area contributed by atoms with Gasteiger partial charge in [-0.15, -0.1) is 5.10 Å². The van der Waals surface area contributed by atoms with E-state index in [0.29, 0.717) is 5.82 Å². The van der Waals surface area contributed by atoms with E-state index < -0.39 is 0 Å². The van der Waals surface area contributed by atoms with Gasteiger partial charge in [0.15, 0.2) is 0 Å². The van der Waals surface area contributed by atoms with Crippen LogP contribution in [0.4, 0.5) is 0 Å². The second-order valence-electron chi connectivity index (χ2n) is 6.68. The van der Waals surface area contributed by atoms with Gasteiger partial charge in [-0.25, -0.2) is 4.98 Å². The highest BCUT2D eigenvalue weighted by Crippen LogP contribution is 2.41. The van der Waals surface area contributed by atoms with E-state index in [0.717, 1.165) is 28.8 Å². The van der Waals surface area contributed by atoms with Gasteiger partial charge in [0.25, 0.3) is 0 Å². The standard InChI is InChI=1S/C18H22N4OS/c1-12-8-10-21(11-9-12)15(14-6-4-3-5-7-14)16-17(23)22-18(24-16)19-13(2)20-22/h3-7,12,15,23H,8-11H2,1-2H3. The lowest BCUT2D eigenvalue weighted by atomic mass is 9.95. The third-order valence-electron chi connectivity index (χ3n) is 4.85. The SMILES string of the molecule is Cc1nc2sc(C(c3ccccc3)N3CCC(C)CC3)c(O)n2n1. The summed E-state index contributed by atoms with van der Waals surface area (Å²) in [4.78, 5) is 8.59. The number of hydrogen-bond donors (Lipinski definition) is 1. The minimum Gasteiger partial charge on any atom is -0.492 e. The van der Waals surface area contributed by atoms with E-state index in [9.17, 15) is 5.11 Å². The Morgan fingerprint density at radius 3 is 2.58 bits per heavy atom. The Labute approximate surface area is 145 Å². The lowest BCUT2D eigenvalue weighted by Gasteiger charge is -2.36. The van der Waals surface area contributed by atoms with E-state index in [2.05, 4.69) is 46.2 Å². The molecule has 1 fully saturated rings. The molecule has 1 aliphatic rings. The van der Waals surface area contributed by atoms with Gasteiger partial charge in [0.1, 0.15) is 5.82 Å². The lowest BCUT2D eigenvalue weighted by molar-refractivity contribution is 0.157. The van der Waals surface area contributed by atoms with Crippen molar-refractivity contribution in [3.8, 4) is 5.88 Å². The van der Waals surface area contributed by atoms with Gasteiger partial charge in [-0.2, -0.15) is 4.52 Å². The maximum atomic E-state index is 10.8. The van der Waals surface area contributed by atoms with Crippen LogP contribution in [0.25, 0.3) is 4.96 Å². The minimum atomic E-state index is 0.0625. The molecular weight excluding hydrogens is 320 g/mol. The molecule has 1 atom stereocenters. The molecule has 3 aromatic rings. The van der Waals surface area contributed by atoms with E-state index >= 15 is 0 Å². The number of rotatable bonds is 3. The van der Waals surface area contributed by atoms with Crippen molar-refractivity contribution in [2.75, 3.05) is 13.1 Å². The van der Waals surface area contributed by atoms with Gasteiger partial charge in [0.05, 0.1) is 10.9 Å². The lowest BCUT2D eigenvalue weighted by Crippen LogP contribution is -2.36. The van der Waals surface area contributed by atoms with Crippen molar-refractivity contribution in [2.24, 2.45) is 5.92 Å². The third kappa shape index (κ3) is 2.70. The number of fused-ring (bicyclic) bond motifs is 1. The number of benzene rings is 1. The van der Waals surface area contributed by atoms with Crippen molar-refractivity contribution in [3.05, 3.63) is 46.6 Å². The summed E-state index contributed by atoms with van der Waals surface area (Å²) in [5.41, 5.74) is 1.21. The number of likely N-dealkylation sites (tertiary alicyclic amines) is 1. The number of hydrogen-bond acceptors (Lipinski definition) is 5. The topological polar surface area (TPSA) is 53.7 Å². The number of aromatic hydroxyl groups is 1. The molecule has 0 radical (unpaired) electrons. The van der Waals surface area contributed by atoms with Gasteiger partial charge < -0.3 is 5.11 Å². The molecule has 1 aromatic carbocycles. The van der Waals surface area contributed by atoms with Crippen molar-refractivity contribution >= 4 is 16.3 Å². The second kappa shape index (κ2) is 6.18. The number of thiazole rings is 1. The molecule has 5 nitrogen and oxygen atoms in total. The molecule has 1 N–H and O–H groups in total. The average Bonchev–Trinajstić information content (AvgIpc) is 3.09. The Morgan fingerprint density at radius 2 is 1.92 bits per heavy atom. The van der Waals surface area contributed by atoms with Crippen LogP contribution in [-0.2, 0) is 0 Å². The monoisotopic (exact) mass is 342 g/mol. The molecule has 1 unspecified atom stereocenters. The number of nitrogens with zero attached hydrogens (tertiary/aromatic N) is 4. The molecular formula is C18H22N4OS. The van der Waals surface area contributed by atoms with Gasteiger partial charge in [-0.05, 0) is 44.3 Å². The Morgan fingerprint density at radius 1 is 1.21 bits per heavy atom. The molecule has 24 heavy (non-hydrogen) atoms. The van der Waals surface area contributed by atoms with Gasteiger partial charge in [0.2, 0.25) is 10.8 Å². The summed E-state index contributed by atoms with van der Waals surface area (Å²) in [5.74, 6) is 1.69. The van der Waals surface area contributed by atoms with E-state index in [1.165, 1.54) is 29.7 Å². The molecule has 0 saturated carbocycles. The van der Waals surface area contributed by atoms with Gasteiger partial charge in [-0.3, -0.25) is 4.90 Å². The maximum absolute atomic E-state index is 10.8. The first-order valence-corrected chi connectivity index (χ1v) is 9.29. The fourth-order valence-electron chi connectivity index (χ4n) is 3.48. The summed E-state index contributed by atoms with van der Waals surface area (Å²) < 4.78 is 1.57.